The minimum Gasteiger partial charge on any atom is -0.341 e. The molecule has 0 aromatic carbocycles. The Kier molecular flexibility index (Phi) is 5.92. The van der Waals surface area contributed by atoms with Crippen LogP contribution < -0.4 is 5.73 Å². The molecular formula is C13H27N3O. The number of carbonyl (C=O) groups is 1. The molecule has 1 heterocycles. The molecule has 0 aliphatic carbocycles. The zero-order valence-corrected chi connectivity index (χ0v) is 11.5. The monoisotopic (exact) mass is 241 g/mol. The largest absolute Gasteiger partial charge is 0.341 e. The summed E-state index contributed by atoms with van der Waals surface area (Å²) in [5.74, 6) is 0.119. The van der Waals surface area contributed by atoms with Gasteiger partial charge in [-0.3, -0.25) is 4.79 Å². The van der Waals surface area contributed by atoms with E-state index in [2.05, 4.69) is 18.9 Å². The molecule has 0 spiro atoms. The Hall–Kier alpha value is -0.610. The van der Waals surface area contributed by atoms with Gasteiger partial charge in [0.1, 0.15) is 0 Å². The van der Waals surface area contributed by atoms with E-state index in [4.69, 9.17) is 5.73 Å². The van der Waals surface area contributed by atoms with Gasteiger partial charge >= 0.3 is 0 Å². The van der Waals surface area contributed by atoms with E-state index in [1.807, 2.05) is 11.9 Å². The molecule has 0 bridgehead atoms. The summed E-state index contributed by atoms with van der Waals surface area (Å²) >= 11 is 0. The third kappa shape index (κ3) is 4.28. The van der Waals surface area contributed by atoms with E-state index in [1.165, 1.54) is 0 Å². The van der Waals surface area contributed by atoms with Crippen molar-refractivity contribution >= 4 is 5.91 Å². The second-order valence-electron chi connectivity index (χ2n) is 5.23. The standard InChI is InChI=1S/C13H27N3O/c1-4-5-6-12(14)13(17)16(3)11-7-9-15(2)10-8-11/h11-12H,4-10,14H2,1-3H3/t12-/m0/s1. The maximum absolute atomic E-state index is 12.1. The summed E-state index contributed by atoms with van der Waals surface area (Å²) in [4.78, 5) is 16.3. The molecule has 2 N–H and O–H groups in total. The Balaban J connectivity index is 2.40. The fourth-order valence-corrected chi connectivity index (χ4v) is 2.37. The first-order valence-electron chi connectivity index (χ1n) is 6.77. The lowest BCUT2D eigenvalue weighted by molar-refractivity contribution is -0.134. The van der Waals surface area contributed by atoms with Crippen molar-refractivity contribution < 1.29 is 4.79 Å². The molecule has 4 heteroatoms. The van der Waals surface area contributed by atoms with Crippen LogP contribution in [0.2, 0.25) is 0 Å². The highest BCUT2D eigenvalue weighted by molar-refractivity contribution is 5.81. The van der Waals surface area contributed by atoms with E-state index in [9.17, 15) is 4.79 Å². The fourth-order valence-electron chi connectivity index (χ4n) is 2.37. The van der Waals surface area contributed by atoms with Crippen LogP contribution in [-0.4, -0.2) is 55.0 Å². The van der Waals surface area contributed by atoms with Crippen LogP contribution in [0, 0.1) is 0 Å². The number of unbranched alkanes of at least 4 members (excludes halogenated alkanes) is 1. The topological polar surface area (TPSA) is 49.6 Å². The molecule has 17 heavy (non-hydrogen) atoms. The first-order chi connectivity index (χ1) is 8.06. The lowest BCUT2D eigenvalue weighted by atomic mass is 10.0. The van der Waals surface area contributed by atoms with Crippen molar-refractivity contribution in [3.05, 3.63) is 0 Å². The highest BCUT2D eigenvalue weighted by Gasteiger charge is 2.26. The van der Waals surface area contributed by atoms with E-state index in [0.29, 0.717) is 6.04 Å². The summed E-state index contributed by atoms with van der Waals surface area (Å²) in [7, 11) is 4.04. The van der Waals surface area contributed by atoms with E-state index in [-0.39, 0.29) is 11.9 Å². The molecule has 1 saturated heterocycles. The number of carbonyl (C=O) groups excluding carboxylic acids is 1. The number of likely N-dealkylation sites (N-methyl/N-ethyl adjacent to an activating group) is 1. The number of amides is 1. The lowest BCUT2D eigenvalue weighted by Gasteiger charge is -2.36. The molecule has 1 aliphatic heterocycles. The molecule has 0 unspecified atom stereocenters. The Morgan fingerprint density at radius 2 is 2.06 bits per heavy atom. The van der Waals surface area contributed by atoms with E-state index >= 15 is 0 Å². The van der Waals surface area contributed by atoms with Gasteiger partial charge in [0.15, 0.2) is 0 Å². The number of nitrogens with two attached hydrogens (primary N) is 1. The van der Waals surface area contributed by atoms with Crippen LogP contribution in [0.25, 0.3) is 0 Å². The van der Waals surface area contributed by atoms with Gasteiger partial charge in [0.05, 0.1) is 6.04 Å². The van der Waals surface area contributed by atoms with Gasteiger partial charge in [-0.25, -0.2) is 0 Å². The number of likely N-dealkylation sites (tertiary alicyclic amines) is 1. The molecule has 0 radical (unpaired) electrons. The van der Waals surface area contributed by atoms with Crippen LogP contribution in [0.3, 0.4) is 0 Å². The number of hydrogen-bond acceptors (Lipinski definition) is 3. The molecule has 1 amide bonds. The predicted octanol–water partition coefficient (Wildman–Crippen LogP) is 1.06. The highest BCUT2D eigenvalue weighted by atomic mass is 16.2. The Labute approximate surface area is 105 Å². The quantitative estimate of drug-likeness (QED) is 0.783. The van der Waals surface area contributed by atoms with Crippen LogP contribution >= 0.6 is 0 Å². The van der Waals surface area contributed by atoms with Gasteiger partial charge in [-0.2, -0.15) is 0 Å². The summed E-state index contributed by atoms with van der Waals surface area (Å²) in [5, 5.41) is 0. The van der Waals surface area contributed by atoms with Gasteiger partial charge in [-0.05, 0) is 39.4 Å². The average molecular weight is 241 g/mol. The molecule has 1 atom stereocenters. The Morgan fingerprint density at radius 3 is 2.59 bits per heavy atom. The van der Waals surface area contributed by atoms with Gasteiger partial charge in [0, 0.05) is 13.1 Å². The molecule has 1 aliphatic rings. The Bertz CT molecular complexity index is 237. The molecule has 1 fully saturated rings. The van der Waals surface area contributed by atoms with Gasteiger partial charge in [0.25, 0.3) is 0 Å². The SMILES string of the molecule is CCCC[C@H](N)C(=O)N(C)C1CCN(C)CC1. The van der Waals surface area contributed by atoms with E-state index < -0.39 is 0 Å². The van der Waals surface area contributed by atoms with Gasteiger partial charge < -0.3 is 15.5 Å². The zero-order valence-electron chi connectivity index (χ0n) is 11.5. The maximum Gasteiger partial charge on any atom is 0.239 e. The molecule has 0 aromatic heterocycles. The van der Waals surface area contributed by atoms with Crippen LogP contribution in [-0.2, 0) is 4.79 Å². The minimum atomic E-state index is -0.306. The molecular weight excluding hydrogens is 214 g/mol. The van der Waals surface area contributed by atoms with Crippen LogP contribution in [0.5, 0.6) is 0 Å². The number of rotatable bonds is 5. The zero-order chi connectivity index (χ0) is 12.8. The fraction of sp³-hybridized carbons (Fsp3) is 0.923. The number of piperidine rings is 1. The molecule has 0 aromatic rings. The van der Waals surface area contributed by atoms with Gasteiger partial charge in [-0.15, -0.1) is 0 Å². The molecule has 1 rings (SSSR count). The van der Waals surface area contributed by atoms with Crippen molar-refractivity contribution in [2.75, 3.05) is 27.2 Å². The van der Waals surface area contributed by atoms with Crippen molar-refractivity contribution in [1.82, 2.24) is 9.80 Å². The number of nitrogens with zero attached hydrogens (tertiary/aromatic N) is 2. The third-order valence-corrected chi connectivity index (χ3v) is 3.77. The second-order valence-corrected chi connectivity index (χ2v) is 5.23. The van der Waals surface area contributed by atoms with Crippen LogP contribution in [0.4, 0.5) is 0 Å². The summed E-state index contributed by atoms with van der Waals surface area (Å²) in [6.45, 7) is 4.27. The summed E-state index contributed by atoms with van der Waals surface area (Å²) in [6, 6.07) is 0.0750. The van der Waals surface area contributed by atoms with Gasteiger partial charge in [0.2, 0.25) is 5.91 Å². The highest BCUT2D eigenvalue weighted by Crippen LogP contribution is 2.15. The smallest absolute Gasteiger partial charge is 0.239 e. The summed E-state index contributed by atoms with van der Waals surface area (Å²) in [5.41, 5.74) is 5.94. The van der Waals surface area contributed by atoms with Crippen LogP contribution in [0.1, 0.15) is 39.0 Å². The normalized spacial score (nSPS) is 20.2. The van der Waals surface area contributed by atoms with Crippen molar-refractivity contribution in [2.45, 2.75) is 51.1 Å². The maximum atomic E-state index is 12.1. The van der Waals surface area contributed by atoms with Crippen molar-refractivity contribution in [3.63, 3.8) is 0 Å². The average Bonchev–Trinajstić information content (AvgIpc) is 2.35. The predicted molar refractivity (Wildman–Crippen MR) is 70.8 cm³/mol. The first kappa shape index (κ1) is 14.5. The van der Waals surface area contributed by atoms with E-state index in [0.717, 1.165) is 45.2 Å². The lowest BCUT2D eigenvalue weighted by Crippen LogP contribution is -2.49. The first-order valence-corrected chi connectivity index (χ1v) is 6.77. The van der Waals surface area contributed by atoms with Crippen molar-refractivity contribution in [2.24, 2.45) is 5.73 Å². The molecule has 4 nitrogen and oxygen atoms in total. The summed E-state index contributed by atoms with van der Waals surface area (Å²) < 4.78 is 0. The Morgan fingerprint density at radius 1 is 1.47 bits per heavy atom. The number of hydrogen-bond donors (Lipinski definition) is 1. The van der Waals surface area contributed by atoms with Crippen molar-refractivity contribution in [3.8, 4) is 0 Å². The van der Waals surface area contributed by atoms with Crippen LogP contribution in [0.15, 0.2) is 0 Å². The third-order valence-electron chi connectivity index (χ3n) is 3.77. The minimum absolute atomic E-state index is 0.119. The van der Waals surface area contributed by atoms with E-state index in [1.54, 1.807) is 0 Å². The molecule has 100 valence electrons. The second kappa shape index (κ2) is 6.97. The van der Waals surface area contributed by atoms with Gasteiger partial charge in [-0.1, -0.05) is 19.8 Å². The summed E-state index contributed by atoms with van der Waals surface area (Å²) in [6.07, 6.45) is 5.08. The molecule has 0 saturated carbocycles. The van der Waals surface area contributed by atoms with Crippen molar-refractivity contribution in [1.29, 1.82) is 0 Å².